The van der Waals surface area contributed by atoms with Gasteiger partial charge in [0, 0.05) is 30.3 Å². The minimum Gasteiger partial charge on any atom is -0.338 e. The highest BCUT2D eigenvalue weighted by atomic mass is 19.1. The predicted octanol–water partition coefficient (Wildman–Crippen LogP) is 3.98. The van der Waals surface area contributed by atoms with Crippen LogP contribution in [0.3, 0.4) is 0 Å². The summed E-state index contributed by atoms with van der Waals surface area (Å²) in [5.41, 5.74) is 2.68. The van der Waals surface area contributed by atoms with Crippen LogP contribution in [-0.2, 0) is 6.42 Å². The molecule has 0 saturated heterocycles. The van der Waals surface area contributed by atoms with Crippen LogP contribution >= 0.6 is 0 Å². The summed E-state index contributed by atoms with van der Waals surface area (Å²) in [5.74, 6) is -0.257. The van der Waals surface area contributed by atoms with E-state index < -0.39 is 0 Å². The summed E-state index contributed by atoms with van der Waals surface area (Å²) in [5, 5.41) is 5.61. The van der Waals surface area contributed by atoms with Crippen LogP contribution < -0.4 is 10.6 Å². The van der Waals surface area contributed by atoms with Gasteiger partial charge in [-0.15, -0.1) is 0 Å². The molecule has 2 aromatic carbocycles. The van der Waals surface area contributed by atoms with Crippen molar-refractivity contribution in [2.75, 3.05) is 11.9 Å². The second kappa shape index (κ2) is 7.46. The van der Waals surface area contributed by atoms with Gasteiger partial charge in [-0.1, -0.05) is 18.2 Å². The summed E-state index contributed by atoms with van der Waals surface area (Å²) < 4.78 is 14.8. The van der Waals surface area contributed by atoms with Crippen LogP contribution in [0.2, 0.25) is 0 Å². The number of carbonyl (C=O) groups is 1. The molecule has 0 aliphatic rings. The Morgan fingerprint density at radius 1 is 1.00 bits per heavy atom. The molecule has 3 aromatic rings. The lowest BCUT2D eigenvalue weighted by Crippen LogP contribution is -2.30. The Kier molecular flexibility index (Phi) is 4.91. The number of rotatable bonds is 5. The summed E-state index contributed by atoms with van der Waals surface area (Å²) in [6.45, 7) is 0.481. The zero-order valence-electron chi connectivity index (χ0n) is 13.1. The number of hydrogen-bond donors (Lipinski definition) is 2. The monoisotopic (exact) mass is 323 g/mol. The van der Waals surface area contributed by atoms with E-state index in [0.717, 1.165) is 16.9 Å². The molecule has 0 atom stereocenters. The predicted molar refractivity (Wildman–Crippen MR) is 92.9 cm³/mol. The number of hydrogen-bond acceptors (Lipinski definition) is 1. The number of anilines is 1. The van der Waals surface area contributed by atoms with Crippen LogP contribution in [0.4, 0.5) is 14.9 Å². The van der Waals surface area contributed by atoms with Crippen LogP contribution in [0.25, 0.3) is 5.69 Å². The Bertz CT molecular complexity index is 798. The number of carbonyl (C=O) groups excluding carboxylic acids is 1. The molecule has 0 fully saturated rings. The molecular weight excluding hydrogens is 305 g/mol. The van der Waals surface area contributed by atoms with Gasteiger partial charge in [0.15, 0.2) is 0 Å². The third-order valence-electron chi connectivity index (χ3n) is 3.62. The molecule has 0 aliphatic carbocycles. The fourth-order valence-corrected chi connectivity index (χ4v) is 2.40. The first-order valence-corrected chi connectivity index (χ1v) is 7.73. The molecule has 3 rings (SSSR count). The molecule has 24 heavy (non-hydrogen) atoms. The van der Waals surface area contributed by atoms with Crippen LogP contribution in [0.1, 0.15) is 5.56 Å². The molecule has 0 saturated carbocycles. The number of amides is 2. The molecule has 0 bridgehead atoms. The van der Waals surface area contributed by atoms with E-state index in [4.69, 9.17) is 0 Å². The van der Waals surface area contributed by atoms with Gasteiger partial charge in [-0.2, -0.15) is 0 Å². The number of nitrogens with one attached hydrogen (secondary N) is 2. The molecule has 4 nitrogen and oxygen atoms in total. The van der Waals surface area contributed by atoms with Crippen molar-refractivity contribution < 1.29 is 9.18 Å². The van der Waals surface area contributed by atoms with Crippen molar-refractivity contribution in [1.29, 1.82) is 0 Å². The third-order valence-corrected chi connectivity index (χ3v) is 3.62. The van der Waals surface area contributed by atoms with Gasteiger partial charge < -0.3 is 15.2 Å². The molecule has 0 radical (unpaired) electrons. The lowest BCUT2D eigenvalue weighted by Gasteiger charge is -2.10. The highest BCUT2D eigenvalue weighted by Crippen LogP contribution is 2.14. The largest absolute Gasteiger partial charge is 0.338 e. The van der Waals surface area contributed by atoms with Gasteiger partial charge in [-0.3, -0.25) is 0 Å². The van der Waals surface area contributed by atoms with Crippen LogP contribution in [0, 0.1) is 5.82 Å². The van der Waals surface area contributed by atoms with Crippen molar-refractivity contribution in [3.8, 4) is 5.69 Å². The minimum atomic E-state index is -0.262. The Hall–Kier alpha value is -3.08. The third kappa shape index (κ3) is 4.23. The number of urea groups is 1. The quantitative estimate of drug-likeness (QED) is 0.733. The smallest absolute Gasteiger partial charge is 0.319 e. The lowest BCUT2D eigenvalue weighted by atomic mass is 10.1. The average molecular weight is 323 g/mol. The van der Waals surface area contributed by atoms with E-state index in [-0.39, 0.29) is 11.8 Å². The summed E-state index contributed by atoms with van der Waals surface area (Å²) >= 11 is 0. The molecule has 5 heteroatoms. The normalized spacial score (nSPS) is 10.4. The fourth-order valence-electron chi connectivity index (χ4n) is 2.40. The van der Waals surface area contributed by atoms with Crippen molar-refractivity contribution in [2.24, 2.45) is 0 Å². The van der Waals surface area contributed by atoms with Crippen molar-refractivity contribution >= 4 is 11.7 Å². The first-order valence-electron chi connectivity index (χ1n) is 7.73. The maximum absolute atomic E-state index is 12.8. The summed E-state index contributed by atoms with van der Waals surface area (Å²) in [6.07, 6.45) is 4.54. The zero-order chi connectivity index (χ0) is 16.8. The van der Waals surface area contributed by atoms with Crippen LogP contribution in [-0.4, -0.2) is 17.1 Å². The first-order chi connectivity index (χ1) is 11.7. The Morgan fingerprint density at radius 3 is 2.50 bits per heavy atom. The first kappa shape index (κ1) is 15.8. The number of nitrogens with zero attached hydrogens (tertiary/aromatic N) is 1. The SMILES string of the molecule is O=C(NCCc1ccc(F)cc1)Nc1cccc(-n2cccc2)c1. The zero-order valence-corrected chi connectivity index (χ0v) is 13.1. The molecule has 1 heterocycles. The number of benzene rings is 2. The summed E-state index contributed by atoms with van der Waals surface area (Å²) in [6, 6.07) is 17.5. The fraction of sp³-hybridized carbons (Fsp3) is 0.105. The highest BCUT2D eigenvalue weighted by Gasteiger charge is 2.03. The van der Waals surface area contributed by atoms with E-state index in [1.165, 1.54) is 12.1 Å². The van der Waals surface area contributed by atoms with E-state index in [1.54, 1.807) is 12.1 Å². The maximum Gasteiger partial charge on any atom is 0.319 e. The Labute approximate surface area is 139 Å². The van der Waals surface area contributed by atoms with Gasteiger partial charge in [0.25, 0.3) is 0 Å². The van der Waals surface area contributed by atoms with Crippen LogP contribution in [0.5, 0.6) is 0 Å². The molecule has 2 amide bonds. The summed E-state index contributed by atoms with van der Waals surface area (Å²) in [7, 11) is 0. The van der Waals surface area contributed by atoms with Gasteiger partial charge in [0.2, 0.25) is 0 Å². The van der Waals surface area contributed by atoms with Gasteiger partial charge in [0.1, 0.15) is 5.82 Å². The van der Waals surface area contributed by atoms with Crippen molar-refractivity contribution in [1.82, 2.24) is 9.88 Å². The maximum atomic E-state index is 12.8. The van der Waals surface area contributed by atoms with E-state index in [2.05, 4.69) is 10.6 Å². The lowest BCUT2D eigenvalue weighted by molar-refractivity contribution is 0.252. The molecule has 0 aliphatic heterocycles. The van der Waals surface area contributed by atoms with Crippen molar-refractivity contribution in [3.05, 3.63) is 84.4 Å². The standard InChI is InChI=1S/C19H18FN3O/c20-16-8-6-15(7-9-16)10-11-21-19(24)22-17-4-3-5-18(14-17)23-12-1-2-13-23/h1-9,12-14H,10-11H2,(H2,21,22,24). The molecule has 1 aromatic heterocycles. The molecule has 122 valence electrons. The molecular formula is C19H18FN3O. The number of aromatic nitrogens is 1. The Balaban J connectivity index is 1.51. The topological polar surface area (TPSA) is 46.1 Å². The second-order valence-corrected chi connectivity index (χ2v) is 5.40. The van der Waals surface area contributed by atoms with Crippen molar-refractivity contribution in [3.63, 3.8) is 0 Å². The van der Waals surface area contributed by atoms with E-state index in [1.807, 2.05) is 53.4 Å². The van der Waals surface area contributed by atoms with E-state index >= 15 is 0 Å². The van der Waals surface area contributed by atoms with E-state index in [0.29, 0.717) is 13.0 Å². The minimum absolute atomic E-state index is 0.257. The van der Waals surface area contributed by atoms with Gasteiger partial charge in [-0.25, -0.2) is 9.18 Å². The van der Waals surface area contributed by atoms with Gasteiger partial charge in [-0.05, 0) is 54.4 Å². The van der Waals surface area contributed by atoms with E-state index in [9.17, 15) is 9.18 Å². The molecule has 0 spiro atoms. The molecule has 0 unspecified atom stereocenters. The van der Waals surface area contributed by atoms with Crippen molar-refractivity contribution in [2.45, 2.75) is 6.42 Å². The number of halogens is 1. The highest BCUT2D eigenvalue weighted by molar-refractivity contribution is 5.89. The van der Waals surface area contributed by atoms with Gasteiger partial charge in [0.05, 0.1) is 0 Å². The van der Waals surface area contributed by atoms with Gasteiger partial charge >= 0.3 is 6.03 Å². The molecule has 2 N–H and O–H groups in total. The van der Waals surface area contributed by atoms with Crippen LogP contribution in [0.15, 0.2) is 73.1 Å². The second-order valence-electron chi connectivity index (χ2n) is 5.40. The average Bonchev–Trinajstić information content (AvgIpc) is 3.11. The Morgan fingerprint density at radius 2 is 1.75 bits per heavy atom. The summed E-state index contributed by atoms with van der Waals surface area (Å²) in [4.78, 5) is 12.0.